The van der Waals surface area contributed by atoms with Gasteiger partial charge >= 0.3 is 0 Å². The zero-order valence-corrected chi connectivity index (χ0v) is 19.6. The van der Waals surface area contributed by atoms with Crippen LogP contribution in [0.15, 0.2) is 53.9 Å². The van der Waals surface area contributed by atoms with Gasteiger partial charge < -0.3 is 10.3 Å². The van der Waals surface area contributed by atoms with Crippen LogP contribution in [0.1, 0.15) is 27.0 Å². The average Bonchev–Trinajstić information content (AvgIpc) is 3.54. The third-order valence-corrected chi connectivity index (χ3v) is 6.99. The van der Waals surface area contributed by atoms with Gasteiger partial charge in [0.25, 0.3) is 5.91 Å². The molecule has 4 aromatic rings. The summed E-state index contributed by atoms with van der Waals surface area (Å²) in [5.41, 5.74) is 9.04. The van der Waals surface area contributed by atoms with E-state index in [-0.39, 0.29) is 17.7 Å². The summed E-state index contributed by atoms with van der Waals surface area (Å²) in [7, 11) is 1.70. The number of rotatable bonds is 5. The molecule has 0 radical (unpaired) electrons. The van der Waals surface area contributed by atoms with Gasteiger partial charge in [-0.3, -0.25) is 14.7 Å². The molecule has 1 aliphatic carbocycles. The lowest BCUT2D eigenvalue weighted by atomic mass is 9.95. The highest BCUT2D eigenvalue weighted by atomic mass is 35.5. The predicted octanol–water partition coefficient (Wildman–Crippen LogP) is 3.44. The first-order chi connectivity index (χ1) is 17.0. The molecule has 1 aliphatic heterocycles. The Kier molecular flexibility index (Phi) is 5.16. The molecule has 0 bridgehead atoms. The van der Waals surface area contributed by atoms with Gasteiger partial charge in [0.1, 0.15) is 6.04 Å². The molecule has 176 valence electrons. The van der Waals surface area contributed by atoms with E-state index >= 15 is 0 Å². The maximum absolute atomic E-state index is 13.5. The molecule has 0 saturated carbocycles. The van der Waals surface area contributed by atoms with Gasteiger partial charge in [0.05, 0.1) is 23.7 Å². The highest BCUT2D eigenvalue weighted by molar-refractivity contribution is 6.19. The molecule has 35 heavy (non-hydrogen) atoms. The Morgan fingerprint density at radius 2 is 2.00 bits per heavy atom. The van der Waals surface area contributed by atoms with Crippen molar-refractivity contribution in [2.24, 2.45) is 11.0 Å². The Morgan fingerprint density at radius 1 is 1.23 bits per heavy atom. The summed E-state index contributed by atoms with van der Waals surface area (Å²) >= 11 is 6.39. The molecule has 1 atom stereocenters. The largest absolute Gasteiger partial charge is 0.354 e. The third kappa shape index (κ3) is 3.69. The molecule has 0 fully saturated rings. The fraction of sp³-hybridized carbons (Fsp3) is 0.200. The minimum absolute atomic E-state index is 0.0432. The van der Waals surface area contributed by atoms with Crippen LogP contribution in [0.5, 0.6) is 0 Å². The molecular formula is C25H22ClN7O2. The van der Waals surface area contributed by atoms with Crippen LogP contribution in [0.2, 0.25) is 0 Å². The smallest absolute Gasteiger partial charge is 0.272 e. The molecule has 9 nitrogen and oxygen atoms in total. The molecule has 2 aromatic heterocycles. The van der Waals surface area contributed by atoms with Gasteiger partial charge in [-0.2, -0.15) is 10.2 Å². The van der Waals surface area contributed by atoms with Crippen molar-refractivity contribution in [2.75, 3.05) is 12.4 Å². The molecule has 4 N–H and O–H groups in total. The number of hydrogen-bond donors (Lipinski definition) is 4. The van der Waals surface area contributed by atoms with Crippen LogP contribution in [0, 0.1) is 5.92 Å². The van der Waals surface area contributed by atoms with Gasteiger partial charge in [-0.25, -0.2) is 9.84 Å². The Labute approximate surface area is 205 Å². The van der Waals surface area contributed by atoms with Crippen molar-refractivity contribution in [3.05, 3.63) is 71.0 Å². The zero-order chi connectivity index (χ0) is 24.1. The molecule has 6 rings (SSSR count). The number of likely N-dealkylation sites (N-methyl/N-ethyl adjacent to an activating group) is 1. The Morgan fingerprint density at radius 3 is 2.69 bits per heavy atom. The Balaban J connectivity index is 1.35. The maximum atomic E-state index is 13.5. The van der Waals surface area contributed by atoms with Crippen LogP contribution >= 0.6 is 11.8 Å². The summed E-state index contributed by atoms with van der Waals surface area (Å²) < 4.78 is 1.45. The Hall–Kier alpha value is -3.95. The number of hydrazone groups is 1. The van der Waals surface area contributed by atoms with Crippen molar-refractivity contribution in [1.29, 1.82) is 0 Å². The predicted molar refractivity (Wildman–Crippen MR) is 134 cm³/mol. The van der Waals surface area contributed by atoms with Crippen molar-refractivity contribution in [1.82, 2.24) is 25.0 Å². The number of aromatic nitrogens is 3. The minimum atomic E-state index is -0.545. The standard InChI is InChI=1S/C25H22ClN7O2/c1-33(26)23(15-6-13-4-2-3-5-14(13)7-15)25(35)30-17-8-18-21-19(12-29-32-24(18)34)22(31-20(21)9-17)16-10-27-28-11-16/h2-5,8-12,15,23,31H,6-7H2,1H3,(H,27,28)(H,30,35)(H,32,34)/t23-/m1/s1. The summed E-state index contributed by atoms with van der Waals surface area (Å²) in [6, 6.07) is 11.2. The van der Waals surface area contributed by atoms with Crippen LogP contribution in [-0.4, -0.2) is 50.7 Å². The van der Waals surface area contributed by atoms with Crippen LogP contribution in [0.3, 0.4) is 0 Å². The second-order valence-corrected chi connectivity index (χ2v) is 9.48. The lowest BCUT2D eigenvalue weighted by molar-refractivity contribution is -0.120. The summed E-state index contributed by atoms with van der Waals surface area (Å²) in [6.07, 6.45) is 6.63. The molecule has 0 saturated heterocycles. The SMILES string of the molecule is CN(Cl)[C@@H](C(=O)Nc1cc2c3c(c(-c4cn[nH]c4)[nH]c3c1)C=NNC2=O)C1Cc2ccccc2C1. The monoisotopic (exact) mass is 487 g/mol. The lowest BCUT2D eigenvalue weighted by Crippen LogP contribution is -2.43. The Bertz CT molecular complexity index is 1460. The normalized spacial score (nSPS) is 15.8. The van der Waals surface area contributed by atoms with Crippen molar-refractivity contribution in [3.63, 3.8) is 0 Å². The number of hydrogen-bond acceptors (Lipinski definition) is 5. The van der Waals surface area contributed by atoms with Gasteiger partial charge in [0.2, 0.25) is 5.91 Å². The highest BCUT2D eigenvalue weighted by Crippen LogP contribution is 2.35. The van der Waals surface area contributed by atoms with Crippen molar-refractivity contribution in [2.45, 2.75) is 18.9 Å². The van der Waals surface area contributed by atoms with E-state index in [0.717, 1.165) is 35.0 Å². The fourth-order valence-electron chi connectivity index (χ4n) is 5.27. The topological polar surface area (TPSA) is 118 Å². The number of nitrogens with one attached hydrogen (secondary N) is 4. The number of nitrogens with zero attached hydrogens (tertiary/aromatic N) is 3. The molecule has 2 amide bonds. The number of aromatic amines is 2. The molecule has 2 aliphatic rings. The fourth-order valence-corrected chi connectivity index (χ4v) is 5.52. The summed E-state index contributed by atoms with van der Waals surface area (Å²) in [5.74, 6) is -0.531. The quantitative estimate of drug-likeness (QED) is 0.322. The third-order valence-electron chi connectivity index (χ3n) is 6.78. The second kappa shape index (κ2) is 8.37. The highest BCUT2D eigenvalue weighted by Gasteiger charge is 2.36. The number of H-pyrrole nitrogens is 2. The number of halogens is 1. The first-order valence-corrected chi connectivity index (χ1v) is 11.6. The van der Waals surface area contributed by atoms with E-state index in [1.807, 2.05) is 18.2 Å². The molecule has 2 aromatic carbocycles. The summed E-state index contributed by atoms with van der Waals surface area (Å²) in [6.45, 7) is 0. The first kappa shape index (κ1) is 21.6. The molecule has 3 heterocycles. The van der Waals surface area contributed by atoms with Crippen molar-refractivity contribution in [3.8, 4) is 11.3 Å². The second-order valence-electron chi connectivity index (χ2n) is 8.94. The van der Waals surface area contributed by atoms with Crippen molar-refractivity contribution >= 4 is 46.4 Å². The van der Waals surface area contributed by atoms with Gasteiger partial charge in [-0.05, 0) is 53.8 Å². The number of fused-ring (bicyclic) bond motifs is 1. The number of benzene rings is 2. The summed E-state index contributed by atoms with van der Waals surface area (Å²) in [5, 5.41) is 14.6. The number of amides is 2. The van der Waals surface area contributed by atoms with E-state index in [1.165, 1.54) is 15.5 Å². The molecule has 10 heteroatoms. The van der Waals surface area contributed by atoms with E-state index in [4.69, 9.17) is 11.8 Å². The molecular weight excluding hydrogens is 466 g/mol. The zero-order valence-electron chi connectivity index (χ0n) is 18.8. The van der Waals surface area contributed by atoms with Gasteiger partial charge in [-0.15, -0.1) is 0 Å². The van der Waals surface area contributed by atoms with Crippen LogP contribution in [-0.2, 0) is 17.6 Å². The maximum Gasteiger partial charge on any atom is 0.272 e. The van der Waals surface area contributed by atoms with Crippen LogP contribution in [0.25, 0.3) is 22.2 Å². The first-order valence-electron chi connectivity index (χ1n) is 11.3. The van der Waals surface area contributed by atoms with E-state index < -0.39 is 6.04 Å². The van der Waals surface area contributed by atoms with Crippen molar-refractivity contribution < 1.29 is 9.59 Å². The van der Waals surface area contributed by atoms with Crippen LogP contribution in [0.4, 0.5) is 5.69 Å². The summed E-state index contributed by atoms with van der Waals surface area (Å²) in [4.78, 5) is 29.6. The van der Waals surface area contributed by atoms with Gasteiger partial charge in [0, 0.05) is 41.0 Å². The minimum Gasteiger partial charge on any atom is -0.354 e. The van der Waals surface area contributed by atoms with Gasteiger partial charge in [-0.1, -0.05) is 24.3 Å². The van der Waals surface area contributed by atoms with E-state index in [2.05, 4.69) is 43.2 Å². The van der Waals surface area contributed by atoms with E-state index in [1.54, 1.807) is 31.7 Å². The lowest BCUT2D eigenvalue weighted by Gasteiger charge is -2.26. The van der Waals surface area contributed by atoms with E-state index in [9.17, 15) is 9.59 Å². The van der Waals surface area contributed by atoms with Crippen LogP contribution < -0.4 is 10.7 Å². The molecule has 0 unspecified atom stereocenters. The molecule has 0 spiro atoms. The number of anilines is 1. The number of carbonyl (C=O) groups excluding carboxylic acids is 2. The van der Waals surface area contributed by atoms with E-state index in [0.29, 0.717) is 16.8 Å². The average molecular weight is 488 g/mol. The van der Waals surface area contributed by atoms with Gasteiger partial charge in [0.15, 0.2) is 0 Å². The number of carbonyl (C=O) groups is 2.